The van der Waals surface area contributed by atoms with Gasteiger partial charge in [0, 0.05) is 26.2 Å². The first kappa shape index (κ1) is 12.4. The van der Waals surface area contributed by atoms with E-state index in [1.807, 2.05) is 6.92 Å². The minimum Gasteiger partial charge on any atom is -0.381 e. The highest BCUT2D eigenvalue weighted by Gasteiger charge is 1.94. The molecule has 0 saturated carbocycles. The second-order valence-corrected chi connectivity index (χ2v) is 3.02. The summed E-state index contributed by atoms with van der Waals surface area (Å²) in [6.45, 7) is 6.33. The van der Waals surface area contributed by atoms with Gasteiger partial charge in [0.1, 0.15) is 0 Å². The molecule has 0 aliphatic carbocycles. The van der Waals surface area contributed by atoms with Crippen LogP contribution in [0.2, 0.25) is 0 Å². The number of carbonyl (C=O) groups is 1. The lowest BCUT2D eigenvalue weighted by molar-refractivity contribution is -0.120. The van der Waals surface area contributed by atoms with Crippen molar-refractivity contribution in [3.8, 4) is 0 Å². The van der Waals surface area contributed by atoms with E-state index in [0.717, 1.165) is 32.6 Å². The van der Waals surface area contributed by atoms with E-state index in [4.69, 9.17) is 4.74 Å². The summed E-state index contributed by atoms with van der Waals surface area (Å²) in [6, 6.07) is 0. The van der Waals surface area contributed by atoms with Gasteiger partial charge >= 0.3 is 0 Å². The molecule has 0 saturated heterocycles. The van der Waals surface area contributed by atoms with E-state index in [2.05, 4.69) is 12.2 Å². The lowest BCUT2D eigenvalue weighted by Gasteiger charge is -2.04. The molecule has 0 rings (SSSR count). The Hall–Kier alpha value is -0.570. The largest absolute Gasteiger partial charge is 0.381 e. The van der Waals surface area contributed by atoms with Gasteiger partial charge in [-0.05, 0) is 12.8 Å². The number of rotatable bonds is 8. The normalized spacial score (nSPS) is 10.0. The number of nitrogens with one attached hydrogen (secondary N) is 1. The Morgan fingerprint density at radius 3 is 2.54 bits per heavy atom. The highest BCUT2D eigenvalue weighted by atomic mass is 16.5. The minimum absolute atomic E-state index is 0.119. The lowest BCUT2D eigenvalue weighted by atomic mass is 10.3. The van der Waals surface area contributed by atoms with Crippen molar-refractivity contribution in [1.29, 1.82) is 0 Å². The van der Waals surface area contributed by atoms with Crippen LogP contribution in [0.25, 0.3) is 0 Å². The topological polar surface area (TPSA) is 38.3 Å². The van der Waals surface area contributed by atoms with Gasteiger partial charge in [-0.3, -0.25) is 4.79 Å². The third-order valence-electron chi connectivity index (χ3n) is 1.75. The van der Waals surface area contributed by atoms with Gasteiger partial charge in [0.25, 0.3) is 0 Å². The molecule has 0 unspecified atom stereocenters. The second-order valence-electron chi connectivity index (χ2n) is 3.02. The van der Waals surface area contributed by atoms with E-state index in [-0.39, 0.29) is 5.91 Å². The number of hydrogen-bond acceptors (Lipinski definition) is 2. The Kier molecular flexibility index (Phi) is 9.10. The van der Waals surface area contributed by atoms with Crippen LogP contribution in [-0.2, 0) is 9.53 Å². The van der Waals surface area contributed by atoms with Crippen LogP contribution in [0.3, 0.4) is 0 Å². The maximum atomic E-state index is 10.8. The van der Waals surface area contributed by atoms with E-state index in [1.54, 1.807) is 0 Å². The summed E-state index contributed by atoms with van der Waals surface area (Å²) in [5.41, 5.74) is 0. The van der Waals surface area contributed by atoms with E-state index in [0.29, 0.717) is 6.42 Å². The molecule has 1 amide bonds. The Balaban J connectivity index is 2.95. The van der Waals surface area contributed by atoms with Crippen LogP contribution in [0.4, 0.5) is 0 Å². The van der Waals surface area contributed by atoms with E-state index < -0.39 is 0 Å². The van der Waals surface area contributed by atoms with Crippen LogP contribution in [0, 0.1) is 0 Å². The van der Waals surface area contributed by atoms with Gasteiger partial charge in [0.2, 0.25) is 5.91 Å². The molecule has 3 nitrogen and oxygen atoms in total. The molecule has 78 valence electrons. The average Bonchev–Trinajstić information content (AvgIpc) is 2.16. The number of carbonyl (C=O) groups excluding carboxylic acids is 1. The number of amides is 1. The van der Waals surface area contributed by atoms with Crippen molar-refractivity contribution in [3.63, 3.8) is 0 Å². The molecular weight excluding hydrogens is 166 g/mol. The maximum absolute atomic E-state index is 10.8. The molecule has 0 aromatic heterocycles. The zero-order chi connectivity index (χ0) is 9.94. The predicted molar refractivity (Wildman–Crippen MR) is 53.6 cm³/mol. The Bertz CT molecular complexity index is 126. The van der Waals surface area contributed by atoms with Crippen molar-refractivity contribution in [2.24, 2.45) is 0 Å². The van der Waals surface area contributed by atoms with Crippen LogP contribution in [0.5, 0.6) is 0 Å². The lowest BCUT2D eigenvalue weighted by Crippen LogP contribution is -2.24. The van der Waals surface area contributed by atoms with Crippen molar-refractivity contribution >= 4 is 5.91 Å². The third kappa shape index (κ3) is 9.34. The summed E-state index contributed by atoms with van der Waals surface area (Å²) in [4.78, 5) is 10.8. The Morgan fingerprint density at radius 2 is 1.92 bits per heavy atom. The number of ether oxygens (including phenoxy) is 1. The van der Waals surface area contributed by atoms with Gasteiger partial charge in [-0.25, -0.2) is 0 Å². The van der Waals surface area contributed by atoms with Crippen LogP contribution in [-0.4, -0.2) is 25.7 Å². The molecule has 0 heterocycles. The molecule has 0 aromatic carbocycles. The van der Waals surface area contributed by atoms with Gasteiger partial charge < -0.3 is 10.1 Å². The van der Waals surface area contributed by atoms with Crippen molar-refractivity contribution in [3.05, 3.63) is 0 Å². The van der Waals surface area contributed by atoms with Crippen molar-refractivity contribution < 1.29 is 9.53 Å². The van der Waals surface area contributed by atoms with E-state index in [9.17, 15) is 4.79 Å². The monoisotopic (exact) mass is 187 g/mol. The molecule has 0 aliphatic heterocycles. The first-order valence-electron chi connectivity index (χ1n) is 5.15. The molecule has 1 N–H and O–H groups in total. The summed E-state index contributed by atoms with van der Waals surface area (Å²) in [7, 11) is 0. The fraction of sp³-hybridized carbons (Fsp3) is 0.900. The quantitative estimate of drug-likeness (QED) is 0.588. The third-order valence-corrected chi connectivity index (χ3v) is 1.75. The molecule has 0 fully saturated rings. The fourth-order valence-corrected chi connectivity index (χ4v) is 0.876. The summed E-state index contributed by atoms with van der Waals surface area (Å²) in [6.07, 6.45) is 3.78. The number of unbranched alkanes of at least 4 members (excludes halogenated alkanes) is 1. The van der Waals surface area contributed by atoms with E-state index in [1.165, 1.54) is 6.42 Å². The Labute approximate surface area is 80.8 Å². The molecule has 0 bridgehead atoms. The van der Waals surface area contributed by atoms with E-state index >= 15 is 0 Å². The zero-order valence-corrected chi connectivity index (χ0v) is 8.77. The zero-order valence-electron chi connectivity index (χ0n) is 8.77. The first-order valence-corrected chi connectivity index (χ1v) is 5.15. The molecule has 13 heavy (non-hydrogen) atoms. The van der Waals surface area contributed by atoms with Gasteiger partial charge in [0.05, 0.1) is 0 Å². The fourth-order valence-electron chi connectivity index (χ4n) is 0.876. The second kappa shape index (κ2) is 9.52. The van der Waals surface area contributed by atoms with Gasteiger partial charge in [-0.15, -0.1) is 0 Å². The Morgan fingerprint density at radius 1 is 1.23 bits per heavy atom. The molecular formula is C10H21NO2. The van der Waals surface area contributed by atoms with Gasteiger partial charge in [0.15, 0.2) is 0 Å². The smallest absolute Gasteiger partial charge is 0.219 e. The average molecular weight is 187 g/mol. The molecule has 0 spiro atoms. The van der Waals surface area contributed by atoms with Crippen LogP contribution >= 0.6 is 0 Å². The standard InChI is InChI=1S/C10H21NO2/c1-3-5-8-13-9-6-7-11-10(12)4-2/h3-9H2,1-2H3,(H,11,12). The molecule has 0 atom stereocenters. The van der Waals surface area contributed by atoms with Gasteiger partial charge in [-0.1, -0.05) is 20.3 Å². The van der Waals surface area contributed by atoms with Crippen LogP contribution in [0.1, 0.15) is 39.5 Å². The maximum Gasteiger partial charge on any atom is 0.219 e. The van der Waals surface area contributed by atoms with Gasteiger partial charge in [-0.2, -0.15) is 0 Å². The SMILES string of the molecule is CCCCOCCCNC(=O)CC. The van der Waals surface area contributed by atoms with Crippen molar-refractivity contribution in [1.82, 2.24) is 5.32 Å². The molecule has 0 aliphatic rings. The highest BCUT2D eigenvalue weighted by molar-refractivity contribution is 5.75. The molecule has 0 aromatic rings. The minimum atomic E-state index is 0.119. The molecule has 3 heteroatoms. The first-order chi connectivity index (χ1) is 6.31. The van der Waals surface area contributed by atoms with Crippen LogP contribution < -0.4 is 5.32 Å². The summed E-state index contributed by atoms with van der Waals surface area (Å²) in [5, 5.41) is 2.80. The van der Waals surface area contributed by atoms with Crippen molar-refractivity contribution in [2.45, 2.75) is 39.5 Å². The summed E-state index contributed by atoms with van der Waals surface area (Å²) >= 11 is 0. The summed E-state index contributed by atoms with van der Waals surface area (Å²) < 4.78 is 5.34. The highest BCUT2D eigenvalue weighted by Crippen LogP contribution is 1.89. The van der Waals surface area contributed by atoms with Crippen molar-refractivity contribution in [2.75, 3.05) is 19.8 Å². The van der Waals surface area contributed by atoms with Crippen LogP contribution in [0.15, 0.2) is 0 Å². The summed E-state index contributed by atoms with van der Waals surface area (Å²) in [5.74, 6) is 0.119. The number of hydrogen-bond donors (Lipinski definition) is 1. The molecule has 0 radical (unpaired) electrons. The predicted octanol–water partition coefficient (Wildman–Crippen LogP) is 1.72.